The van der Waals surface area contributed by atoms with Gasteiger partial charge < -0.3 is 4.74 Å². The van der Waals surface area contributed by atoms with E-state index < -0.39 is 0 Å². The van der Waals surface area contributed by atoms with Crippen molar-refractivity contribution in [1.82, 2.24) is 0 Å². The molecule has 0 aliphatic heterocycles. The smallest absolute Gasteiger partial charge is 0.119 e. The first-order valence-electron chi connectivity index (χ1n) is 5.17. The molecular weight excluding hydrogens is 308 g/mol. The molecule has 0 aromatic heterocycles. The molecule has 1 atom stereocenters. The number of ether oxygens (including phenoxy) is 1. The predicted molar refractivity (Wildman–Crippen MR) is 76.8 cm³/mol. The molecule has 4 heteroatoms. The normalized spacial score (nSPS) is 12.5. The number of hydrogen-bond donors (Lipinski definition) is 0. The lowest BCUT2D eigenvalue weighted by Crippen LogP contribution is -1.98. The quantitative estimate of drug-likeness (QED) is 0.701. The molecule has 0 saturated carbocycles. The van der Waals surface area contributed by atoms with Crippen molar-refractivity contribution in [2.24, 2.45) is 0 Å². The van der Waals surface area contributed by atoms with Gasteiger partial charge in [0.2, 0.25) is 0 Å². The number of benzene rings is 1. The maximum Gasteiger partial charge on any atom is 0.119 e. The molecule has 1 aromatic rings. The summed E-state index contributed by atoms with van der Waals surface area (Å²) in [7, 11) is 1.69. The van der Waals surface area contributed by atoms with Crippen molar-refractivity contribution in [3.8, 4) is 5.75 Å². The molecule has 1 nitrogen and oxygen atoms in total. The summed E-state index contributed by atoms with van der Waals surface area (Å²) in [6, 6.07) is 6.06. The van der Waals surface area contributed by atoms with Gasteiger partial charge in [-0.25, -0.2) is 0 Å². The van der Waals surface area contributed by atoms with E-state index in [1.165, 1.54) is 5.56 Å². The molecule has 0 amide bonds. The Morgan fingerprint density at radius 1 is 1.50 bits per heavy atom. The summed E-state index contributed by atoms with van der Waals surface area (Å²) in [6.07, 6.45) is 1.05. The molecule has 90 valence electrons. The van der Waals surface area contributed by atoms with Crippen molar-refractivity contribution in [2.75, 3.05) is 13.0 Å². The zero-order chi connectivity index (χ0) is 12.0. The third-order valence-electron chi connectivity index (χ3n) is 2.29. The fraction of sp³-hybridized carbons (Fsp3) is 0.500. The number of halogens is 2. The molecule has 0 spiro atoms. The van der Waals surface area contributed by atoms with E-state index >= 15 is 0 Å². The fourth-order valence-corrected chi connectivity index (χ4v) is 3.27. The Kier molecular flexibility index (Phi) is 6.62. The van der Waals surface area contributed by atoms with Crippen LogP contribution in [0, 0.1) is 0 Å². The summed E-state index contributed by atoms with van der Waals surface area (Å²) in [5.41, 5.74) is 1.27. The average molecular weight is 324 g/mol. The standard InChI is InChI=1S/C12H16BrClOS/c1-9(5-6-14)16-8-10-7-11(15-2)3-4-12(10)13/h3-4,7,9H,5-6,8H2,1-2H3. The third kappa shape index (κ3) is 4.56. The Labute approximate surface area is 115 Å². The first kappa shape index (κ1) is 14.2. The molecular formula is C12H16BrClOS. The number of thioether (sulfide) groups is 1. The van der Waals surface area contributed by atoms with Gasteiger partial charge in [0.1, 0.15) is 5.75 Å². The zero-order valence-electron chi connectivity index (χ0n) is 9.50. The highest BCUT2D eigenvalue weighted by atomic mass is 79.9. The molecule has 0 N–H and O–H groups in total. The Balaban J connectivity index is 2.58. The van der Waals surface area contributed by atoms with Crippen LogP contribution in [0.2, 0.25) is 0 Å². The van der Waals surface area contributed by atoms with Crippen LogP contribution >= 0.6 is 39.3 Å². The van der Waals surface area contributed by atoms with Crippen LogP contribution in [-0.4, -0.2) is 18.2 Å². The fourth-order valence-electron chi connectivity index (χ4n) is 1.26. The summed E-state index contributed by atoms with van der Waals surface area (Å²) >= 11 is 11.2. The van der Waals surface area contributed by atoms with Crippen molar-refractivity contribution in [1.29, 1.82) is 0 Å². The number of hydrogen-bond acceptors (Lipinski definition) is 2. The molecule has 16 heavy (non-hydrogen) atoms. The van der Waals surface area contributed by atoms with Crippen LogP contribution in [0.5, 0.6) is 5.75 Å². The topological polar surface area (TPSA) is 9.23 Å². The molecule has 0 saturated heterocycles. The van der Waals surface area contributed by atoms with Gasteiger partial charge in [-0.05, 0) is 30.2 Å². The highest BCUT2D eigenvalue weighted by Gasteiger charge is 2.06. The van der Waals surface area contributed by atoms with Crippen molar-refractivity contribution in [3.63, 3.8) is 0 Å². The summed E-state index contributed by atoms with van der Waals surface area (Å²) in [5.74, 6) is 2.62. The van der Waals surface area contributed by atoms with Crippen molar-refractivity contribution < 1.29 is 4.74 Å². The SMILES string of the molecule is COc1ccc(Br)c(CSC(C)CCCl)c1. The van der Waals surface area contributed by atoms with Crippen LogP contribution in [0.15, 0.2) is 22.7 Å². The minimum atomic E-state index is 0.593. The molecule has 1 unspecified atom stereocenters. The van der Waals surface area contributed by atoms with Crippen molar-refractivity contribution in [3.05, 3.63) is 28.2 Å². The first-order chi connectivity index (χ1) is 7.67. The van der Waals surface area contributed by atoms with E-state index in [0.717, 1.165) is 28.3 Å². The Hall–Kier alpha value is 0.140. The van der Waals surface area contributed by atoms with Gasteiger partial charge in [-0.15, -0.1) is 11.6 Å². The largest absolute Gasteiger partial charge is 0.497 e. The van der Waals surface area contributed by atoms with E-state index in [0.29, 0.717) is 5.25 Å². The maximum atomic E-state index is 5.71. The zero-order valence-corrected chi connectivity index (χ0v) is 12.7. The van der Waals surface area contributed by atoms with Gasteiger partial charge in [0, 0.05) is 21.4 Å². The lowest BCUT2D eigenvalue weighted by Gasteiger charge is -2.11. The number of rotatable bonds is 6. The third-order valence-corrected chi connectivity index (χ3v) is 4.57. The van der Waals surface area contributed by atoms with Crippen LogP contribution in [0.4, 0.5) is 0 Å². The lowest BCUT2D eigenvalue weighted by atomic mass is 10.2. The van der Waals surface area contributed by atoms with E-state index in [1.807, 2.05) is 23.9 Å². The minimum absolute atomic E-state index is 0.593. The highest BCUT2D eigenvalue weighted by molar-refractivity contribution is 9.10. The summed E-state index contributed by atoms with van der Waals surface area (Å²) < 4.78 is 6.35. The highest BCUT2D eigenvalue weighted by Crippen LogP contribution is 2.28. The summed E-state index contributed by atoms with van der Waals surface area (Å²) in [6.45, 7) is 2.21. The molecule has 0 aliphatic carbocycles. The molecule has 0 bridgehead atoms. The second-order valence-corrected chi connectivity index (χ2v) is 6.22. The molecule has 0 heterocycles. The lowest BCUT2D eigenvalue weighted by molar-refractivity contribution is 0.414. The van der Waals surface area contributed by atoms with E-state index in [-0.39, 0.29) is 0 Å². The first-order valence-corrected chi connectivity index (χ1v) is 7.55. The van der Waals surface area contributed by atoms with Gasteiger partial charge in [-0.2, -0.15) is 11.8 Å². The molecule has 1 aromatic carbocycles. The van der Waals surface area contributed by atoms with Gasteiger partial charge in [-0.1, -0.05) is 22.9 Å². The monoisotopic (exact) mass is 322 g/mol. The van der Waals surface area contributed by atoms with Crippen LogP contribution in [0.3, 0.4) is 0 Å². The molecule has 1 rings (SSSR count). The summed E-state index contributed by atoms with van der Waals surface area (Å²) in [5, 5.41) is 0.593. The number of alkyl halides is 1. The van der Waals surface area contributed by atoms with Crippen LogP contribution in [0.1, 0.15) is 18.9 Å². The maximum absolute atomic E-state index is 5.71. The van der Waals surface area contributed by atoms with Gasteiger partial charge in [0.05, 0.1) is 7.11 Å². The molecule has 0 radical (unpaired) electrons. The van der Waals surface area contributed by atoms with Gasteiger partial charge >= 0.3 is 0 Å². The molecule has 0 aliphatic rings. The second-order valence-electron chi connectivity index (χ2n) is 3.56. The van der Waals surface area contributed by atoms with E-state index in [2.05, 4.69) is 28.9 Å². The number of methoxy groups -OCH3 is 1. The van der Waals surface area contributed by atoms with E-state index in [1.54, 1.807) is 7.11 Å². The van der Waals surface area contributed by atoms with Crippen LogP contribution < -0.4 is 4.74 Å². The second kappa shape index (κ2) is 7.46. The minimum Gasteiger partial charge on any atom is -0.497 e. The van der Waals surface area contributed by atoms with Gasteiger partial charge in [0.15, 0.2) is 0 Å². The Morgan fingerprint density at radius 2 is 2.25 bits per heavy atom. The van der Waals surface area contributed by atoms with Gasteiger partial charge in [-0.3, -0.25) is 0 Å². The Bertz CT molecular complexity index is 333. The Morgan fingerprint density at radius 3 is 2.88 bits per heavy atom. The predicted octanol–water partition coefficient (Wildman–Crippen LogP) is 4.71. The van der Waals surface area contributed by atoms with Crippen LogP contribution in [-0.2, 0) is 5.75 Å². The summed E-state index contributed by atoms with van der Waals surface area (Å²) in [4.78, 5) is 0. The van der Waals surface area contributed by atoms with E-state index in [9.17, 15) is 0 Å². The van der Waals surface area contributed by atoms with Crippen molar-refractivity contribution >= 4 is 39.3 Å². The average Bonchev–Trinajstić information content (AvgIpc) is 2.28. The molecule has 0 fully saturated rings. The van der Waals surface area contributed by atoms with Gasteiger partial charge in [0.25, 0.3) is 0 Å². The van der Waals surface area contributed by atoms with E-state index in [4.69, 9.17) is 16.3 Å². The van der Waals surface area contributed by atoms with Crippen molar-refractivity contribution in [2.45, 2.75) is 24.3 Å². The van der Waals surface area contributed by atoms with Crippen LogP contribution in [0.25, 0.3) is 0 Å².